The van der Waals surface area contributed by atoms with Crippen molar-refractivity contribution in [2.24, 2.45) is 0 Å². The van der Waals surface area contributed by atoms with Crippen molar-refractivity contribution in [2.75, 3.05) is 25.0 Å². The van der Waals surface area contributed by atoms with Crippen molar-refractivity contribution >= 4 is 17.6 Å². The van der Waals surface area contributed by atoms with Gasteiger partial charge in [0.1, 0.15) is 0 Å². The van der Waals surface area contributed by atoms with E-state index in [0.29, 0.717) is 11.3 Å². The van der Waals surface area contributed by atoms with Crippen LogP contribution in [-0.4, -0.2) is 53.0 Å². The van der Waals surface area contributed by atoms with Gasteiger partial charge in [-0.2, -0.15) is 0 Å². The van der Waals surface area contributed by atoms with Crippen LogP contribution in [-0.2, 0) is 4.79 Å². The van der Waals surface area contributed by atoms with E-state index in [1.54, 1.807) is 24.3 Å². The molecule has 5 N–H and O–H groups in total. The lowest BCUT2D eigenvalue weighted by Crippen LogP contribution is -2.26. The zero-order valence-electron chi connectivity index (χ0n) is 10.9. The first-order valence-electron chi connectivity index (χ1n) is 6.15. The van der Waals surface area contributed by atoms with Crippen LogP contribution in [0.4, 0.5) is 5.69 Å². The Hall–Kier alpha value is -2.12. The number of hydrogen-bond acceptors (Lipinski definition) is 5. The van der Waals surface area contributed by atoms with E-state index < -0.39 is 12.1 Å². The van der Waals surface area contributed by atoms with Crippen molar-refractivity contribution in [2.45, 2.75) is 12.5 Å². The molecule has 0 radical (unpaired) electrons. The summed E-state index contributed by atoms with van der Waals surface area (Å²) in [6.07, 6.45) is -0.960. The largest absolute Gasteiger partial charge is 0.481 e. The summed E-state index contributed by atoms with van der Waals surface area (Å²) in [5.41, 5.74) is 1.13. The summed E-state index contributed by atoms with van der Waals surface area (Å²) in [6, 6.07) is 6.50. The molecule has 0 aliphatic rings. The molecule has 1 rings (SSSR count). The Morgan fingerprint density at radius 3 is 2.40 bits per heavy atom. The van der Waals surface area contributed by atoms with Crippen LogP contribution >= 0.6 is 0 Å². The molecule has 0 saturated carbocycles. The second-order valence-corrected chi connectivity index (χ2v) is 4.19. The molecular formula is C13H18N2O5. The summed E-state index contributed by atoms with van der Waals surface area (Å²) >= 11 is 0. The monoisotopic (exact) mass is 282 g/mol. The smallest absolute Gasteiger partial charge is 0.305 e. The van der Waals surface area contributed by atoms with Crippen molar-refractivity contribution in [3.05, 3.63) is 29.8 Å². The van der Waals surface area contributed by atoms with Crippen LogP contribution in [0.15, 0.2) is 24.3 Å². The van der Waals surface area contributed by atoms with Crippen LogP contribution in [0.5, 0.6) is 0 Å². The minimum Gasteiger partial charge on any atom is -0.481 e. The van der Waals surface area contributed by atoms with Gasteiger partial charge < -0.3 is 26.0 Å². The number of carbonyl (C=O) groups excluding carboxylic acids is 1. The zero-order valence-corrected chi connectivity index (χ0v) is 10.9. The Kier molecular flexibility index (Phi) is 6.48. The Morgan fingerprint density at radius 2 is 1.85 bits per heavy atom. The lowest BCUT2D eigenvalue weighted by molar-refractivity contribution is -0.136. The quantitative estimate of drug-likeness (QED) is 0.445. The third kappa shape index (κ3) is 5.68. The molecule has 0 aliphatic heterocycles. The molecule has 0 fully saturated rings. The summed E-state index contributed by atoms with van der Waals surface area (Å²) in [5, 5.41) is 31.7. The molecule has 7 nitrogen and oxygen atoms in total. The van der Waals surface area contributed by atoms with Crippen molar-refractivity contribution < 1.29 is 24.9 Å². The number of anilines is 1. The molecule has 0 heterocycles. The van der Waals surface area contributed by atoms with Crippen molar-refractivity contribution in [1.82, 2.24) is 5.32 Å². The van der Waals surface area contributed by atoms with Crippen molar-refractivity contribution in [1.29, 1.82) is 0 Å². The molecule has 0 spiro atoms. The molecule has 0 bridgehead atoms. The molecule has 1 aromatic carbocycles. The molecule has 0 aromatic heterocycles. The molecule has 0 aliphatic carbocycles. The number of aliphatic carboxylic acids is 1. The van der Waals surface area contributed by atoms with E-state index in [0.717, 1.165) is 0 Å². The number of aliphatic hydroxyl groups is 2. The highest BCUT2D eigenvalue weighted by Gasteiger charge is 2.06. The Morgan fingerprint density at radius 1 is 1.20 bits per heavy atom. The number of carboxylic acid groups (broad SMARTS) is 1. The zero-order chi connectivity index (χ0) is 15.0. The van der Waals surface area contributed by atoms with Crippen LogP contribution in [0.1, 0.15) is 16.8 Å². The van der Waals surface area contributed by atoms with Gasteiger partial charge in [0.25, 0.3) is 5.91 Å². The van der Waals surface area contributed by atoms with Gasteiger partial charge in [-0.1, -0.05) is 0 Å². The fourth-order valence-corrected chi connectivity index (χ4v) is 1.42. The summed E-state index contributed by atoms with van der Waals surface area (Å²) < 4.78 is 0. The molecule has 0 saturated heterocycles. The maximum absolute atomic E-state index is 11.7. The molecular weight excluding hydrogens is 264 g/mol. The third-order valence-electron chi connectivity index (χ3n) is 2.52. The van der Waals surface area contributed by atoms with E-state index in [4.69, 9.17) is 10.2 Å². The van der Waals surface area contributed by atoms with Gasteiger partial charge >= 0.3 is 5.97 Å². The van der Waals surface area contributed by atoms with Gasteiger partial charge in [-0.05, 0) is 24.3 Å². The van der Waals surface area contributed by atoms with Gasteiger partial charge in [-0.15, -0.1) is 0 Å². The predicted octanol–water partition coefficient (Wildman–Crippen LogP) is -0.344. The lowest BCUT2D eigenvalue weighted by Gasteiger charge is -2.10. The summed E-state index contributed by atoms with van der Waals surface area (Å²) in [6.45, 7) is -0.0332. The Bertz CT molecular complexity index is 447. The van der Waals surface area contributed by atoms with Gasteiger partial charge in [0.15, 0.2) is 0 Å². The van der Waals surface area contributed by atoms with Crippen molar-refractivity contribution in [3.63, 3.8) is 0 Å². The highest BCUT2D eigenvalue weighted by Crippen LogP contribution is 2.09. The maximum atomic E-state index is 11.7. The second-order valence-electron chi connectivity index (χ2n) is 4.19. The minimum absolute atomic E-state index is 0.0802. The van der Waals surface area contributed by atoms with Crippen LogP contribution in [0.2, 0.25) is 0 Å². The summed E-state index contributed by atoms with van der Waals surface area (Å²) in [5.74, 6) is -1.31. The van der Waals surface area contributed by atoms with Gasteiger partial charge in [0, 0.05) is 24.3 Å². The second kappa shape index (κ2) is 8.13. The predicted molar refractivity (Wildman–Crippen MR) is 72.6 cm³/mol. The average molecular weight is 282 g/mol. The van der Waals surface area contributed by atoms with Crippen LogP contribution < -0.4 is 10.6 Å². The molecule has 1 amide bonds. The molecule has 1 atom stereocenters. The Balaban J connectivity index is 2.45. The maximum Gasteiger partial charge on any atom is 0.305 e. The number of nitrogens with one attached hydrogen (secondary N) is 2. The number of hydrogen-bond donors (Lipinski definition) is 5. The molecule has 1 aromatic rings. The number of carbonyl (C=O) groups is 2. The molecule has 1 unspecified atom stereocenters. The highest BCUT2D eigenvalue weighted by molar-refractivity contribution is 5.94. The average Bonchev–Trinajstić information content (AvgIpc) is 2.44. The fraction of sp³-hybridized carbons (Fsp3) is 0.385. The van der Waals surface area contributed by atoms with Gasteiger partial charge in [0.05, 0.1) is 19.1 Å². The first kappa shape index (κ1) is 15.9. The number of aliphatic hydroxyl groups excluding tert-OH is 2. The Labute approximate surface area is 116 Å². The van der Waals surface area contributed by atoms with Crippen LogP contribution in [0, 0.1) is 0 Å². The van der Waals surface area contributed by atoms with E-state index in [1.807, 2.05) is 0 Å². The SMILES string of the molecule is O=C(O)CCNC(=O)c1ccc(NCC(O)CO)cc1. The van der Waals surface area contributed by atoms with E-state index in [9.17, 15) is 14.7 Å². The highest BCUT2D eigenvalue weighted by atomic mass is 16.4. The van der Waals surface area contributed by atoms with E-state index >= 15 is 0 Å². The molecule has 110 valence electrons. The number of amides is 1. The number of carboxylic acids is 1. The van der Waals surface area contributed by atoms with Gasteiger partial charge in [-0.25, -0.2) is 0 Å². The van der Waals surface area contributed by atoms with Gasteiger partial charge in [0.2, 0.25) is 0 Å². The standard InChI is InChI=1S/C13H18N2O5/c16-8-11(17)7-15-10-3-1-9(2-4-10)13(20)14-6-5-12(18)19/h1-4,11,15-17H,5-8H2,(H,14,20)(H,18,19). The fourth-order valence-electron chi connectivity index (χ4n) is 1.42. The van der Waals surface area contributed by atoms with Gasteiger partial charge in [-0.3, -0.25) is 9.59 Å². The first-order chi connectivity index (χ1) is 9.52. The van der Waals surface area contributed by atoms with Crippen LogP contribution in [0.25, 0.3) is 0 Å². The topological polar surface area (TPSA) is 119 Å². The van der Waals surface area contributed by atoms with E-state index in [1.165, 1.54) is 0 Å². The summed E-state index contributed by atoms with van der Waals surface area (Å²) in [4.78, 5) is 22.0. The number of rotatable bonds is 8. The lowest BCUT2D eigenvalue weighted by atomic mass is 10.2. The third-order valence-corrected chi connectivity index (χ3v) is 2.52. The molecule has 7 heteroatoms. The number of benzene rings is 1. The molecule has 20 heavy (non-hydrogen) atoms. The normalized spacial score (nSPS) is 11.7. The summed E-state index contributed by atoms with van der Waals surface area (Å²) in [7, 11) is 0. The van der Waals surface area contributed by atoms with Crippen molar-refractivity contribution in [3.8, 4) is 0 Å². The first-order valence-corrected chi connectivity index (χ1v) is 6.15. The van der Waals surface area contributed by atoms with E-state index in [2.05, 4.69) is 10.6 Å². The van der Waals surface area contributed by atoms with Crippen LogP contribution in [0.3, 0.4) is 0 Å². The minimum atomic E-state index is -0.965. The van der Waals surface area contributed by atoms with E-state index in [-0.39, 0.29) is 32.0 Å².